The summed E-state index contributed by atoms with van der Waals surface area (Å²) in [6, 6.07) is 11.2. The third-order valence-corrected chi connectivity index (χ3v) is 4.68. The van der Waals surface area contributed by atoms with Gasteiger partial charge in [0.25, 0.3) is 0 Å². The van der Waals surface area contributed by atoms with Crippen molar-refractivity contribution in [3.05, 3.63) is 69.5 Å². The molecule has 0 saturated heterocycles. The second-order valence-electron chi connectivity index (χ2n) is 5.79. The Balaban J connectivity index is 1.84. The summed E-state index contributed by atoms with van der Waals surface area (Å²) in [5.41, 5.74) is 8.88. The van der Waals surface area contributed by atoms with Crippen LogP contribution in [0.2, 0.25) is 15.1 Å². The molecular weight excluding hydrogens is 412 g/mol. The molecule has 0 aliphatic carbocycles. The molecule has 0 bridgehead atoms. The second kappa shape index (κ2) is 6.93. The highest BCUT2D eigenvalue weighted by Crippen LogP contribution is 2.40. The molecule has 0 atom stereocenters. The summed E-state index contributed by atoms with van der Waals surface area (Å²) in [5.74, 6) is -0.343. The summed E-state index contributed by atoms with van der Waals surface area (Å²) in [7, 11) is 0. The maximum Gasteiger partial charge on any atom is 0.215 e. The van der Waals surface area contributed by atoms with Gasteiger partial charge in [0, 0.05) is 27.5 Å². The average molecular weight is 423 g/mol. The molecule has 0 fully saturated rings. The fraction of sp³-hybridized carbons (Fsp3) is 0. The molecular formula is C19H11Cl3FN3O. The van der Waals surface area contributed by atoms with E-state index in [2.05, 4.69) is 10.3 Å². The first-order chi connectivity index (χ1) is 12.9. The number of hydrogen-bond acceptors (Lipinski definition) is 4. The molecule has 0 amide bonds. The molecule has 2 aromatic heterocycles. The van der Waals surface area contributed by atoms with E-state index >= 15 is 0 Å². The molecule has 2 heterocycles. The number of benzene rings is 2. The smallest absolute Gasteiger partial charge is 0.215 e. The maximum absolute atomic E-state index is 13.4. The van der Waals surface area contributed by atoms with E-state index in [-0.39, 0.29) is 10.9 Å². The molecule has 0 unspecified atom stereocenters. The molecule has 0 aliphatic rings. The van der Waals surface area contributed by atoms with Gasteiger partial charge in [-0.2, -0.15) is 0 Å². The first-order valence-corrected chi connectivity index (χ1v) is 8.91. The maximum atomic E-state index is 13.4. The van der Waals surface area contributed by atoms with Gasteiger partial charge in [0.15, 0.2) is 5.58 Å². The first-order valence-electron chi connectivity index (χ1n) is 7.78. The van der Waals surface area contributed by atoms with Crippen molar-refractivity contribution >= 4 is 63.0 Å². The number of anilines is 3. The summed E-state index contributed by atoms with van der Waals surface area (Å²) in [4.78, 5) is 4.38. The van der Waals surface area contributed by atoms with Gasteiger partial charge in [-0.25, -0.2) is 4.39 Å². The van der Waals surface area contributed by atoms with Crippen LogP contribution in [-0.4, -0.2) is 4.98 Å². The summed E-state index contributed by atoms with van der Waals surface area (Å²) >= 11 is 18.0. The number of furan rings is 1. The molecule has 2 aromatic carbocycles. The monoisotopic (exact) mass is 421 g/mol. The van der Waals surface area contributed by atoms with Gasteiger partial charge in [0.2, 0.25) is 5.88 Å². The number of nitrogen functional groups attached to an aromatic ring is 1. The first kappa shape index (κ1) is 17.9. The molecule has 0 spiro atoms. The van der Waals surface area contributed by atoms with Crippen molar-refractivity contribution in [2.24, 2.45) is 0 Å². The lowest BCUT2D eigenvalue weighted by atomic mass is 10.1. The Bertz CT molecular complexity index is 1160. The zero-order chi connectivity index (χ0) is 19.1. The van der Waals surface area contributed by atoms with Crippen molar-refractivity contribution in [1.29, 1.82) is 0 Å². The number of hydrogen-bond donors (Lipinski definition) is 2. The molecule has 0 saturated carbocycles. The molecule has 4 aromatic rings. The van der Waals surface area contributed by atoms with Crippen LogP contribution in [0.3, 0.4) is 0 Å². The van der Waals surface area contributed by atoms with Crippen molar-refractivity contribution in [2.75, 3.05) is 11.1 Å². The van der Waals surface area contributed by atoms with Crippen molar-refractivity contribution in [3.8, 4) is 11.3 Å². The SMILES string of the molecule is Nc1oc2c(-c3cc(Cl)cc(Cl)c3)nccc2c1Nc1ccc(F)c(Cl)c1. The predicted octanol–water partition coefficient (Wildman–Crippen LogP) is 6.92. The van der Waals surface area contributed by atoms with Crippen molar-refractivity contribution in [2.45, 2.75) is 0 Å². The number of aromatic nitrogens is 1. The topological polar surface area (TPSA) is 64.1 Å². The second-order valence-corrected chi connectivity index (χ2v) is 7.07. The minimum Gasteiger partial charge on any atom is -0.436 e. The van der Waals surface area contributed by atoms with Crippen molar-refractivity contribution in [1.82, 2.24) is 4.98 Å². The van der Waals surface area contributed by atoms with Crippen LogP contribution in [0.1, 0.15) is 0 Å². The van der Waals surface area contributed by atoms with Crippen LogP contribution in [-0.2, 0) is 0 Å². The predicted molar refractivity (Wildman–Crippen MR) is 109 cm³/mol. The molecule has 136 valence electrons. The number of pyridine rings is 1. The van der Waals surface area contributed by atoms with E-state index in [0.29, 0.717) is 43.6 Å². The van der Waals surface area contributed by atoms with E-state index in [4.69, 9.17) is 45.0 Å². The largest absolute Gasteiger partial charge is 0.436 e. The molecule has 8 heteroatoms. The lowest BCUT2D eigenvalue weighted by Crippen LogP contribution is -1.94. The van der Waals surface area contributed by atoms with Crippen molar-refractivity contribution in [3.63, 3.8) is 0 Å². The van der Waals surface area contributed by atoms with E-state index in [1.807, 2.05) is 0 Å². The zero-order valence-corrected chi connectivity index (χ0v) is 15.8. The van der Waals surface area contributed by atoms with E-state index in [9.17, 15) is 4.39 Å². The third-order valence-electron chi connectivity index (χ3n) is 3.96. The zero-order valence-electron chi connectivity index (χ0n) is 13.6. The number of fused-ring (bicyclic) bond motifs is 1. The summed E-state index contributed by atoms with van der Waals surface area (Å²) in [6.07, 6.45) is 1.63. The Morgan fingerprint density at radius 2 is 1.74 bits per heavy atom. The molecule has 4 nitrogen and oxygen atoms in total. The Morgan fingerprint density at radius 1 is 1.00 bits per heavy atom. The van der Waals surface area contributed by atoms with Crippen LogP contribution in [0.15, 0.2) is 53.1 Å². The lowest BCUT2D eigenvalue weighted by Gasteiger charge is -2.07. The van der Waals surface area contributed by atoms with Crippen LogP contribution >= 0.6 is 34.8 Å². The molecule has 4 rings (SSSR count). The van der Waals surface area contributed by atoms with Gasteiger partial charge in [-0.15, -0.1) is 0 Å². The number of nitrogens with zero attached hydrogens (tertiary/aromatic N) is 1. The number of halogens is 4. The summed E-state index contributed by atoms with van der Waals surface area (Å²) in [6.45, 7) is 0. The highest BCUT2D eigenvalue weighted by Gasteiger charge is 2.18. The van der Waals surface area contributed by atoms with Crippen LogP contribution in [0.5, 0.6) is 0 Å². The highest BCUT2D eigenvalue weighted by molar-refractivity contribution is 6.35. The van der Waals surface area contributed by atoms with Gasteiger partial charge in [-0.1, -0.05) is 34.8 Å². The standard InChI is InChI=1S/C19H11Cl3FN3O/c20-10-5-9(6-11(21)7-10)16-18-13(3-4-25-16)17(19(24)27-18)26-12-1-2-15(23)14(22)8-12/h1-8,26H,24H2. The van der Waals surface area contributed by atoms with Crippen LogP contribution < -0.4 is 11.1 Å². The molecule has 3 N–H and O–H groups in total. The van der Waals surface area contributed by atoms with Gasteiger partial charge >= 0.3 is 0 Å². The Hall–Kier alpha value is -2.47. The minimum absolute atomic E-state index is 0.00213. The summed E-state index contributed by atoms with van der Waals surface area (Å²) in [5, 5.41) is 4.78. The Kier molecular flexibility index (Phi) is 4.60. The fourth-order valence-electron chi connectivity index (χ4n) is 2.79. The quantitative estimate of drug-likeness (QED) is 0.376. The normalized spacial score (nSPS) is 11.1. The van der Waals surface area contributed by atoms with Gasteiger partial charge < -0.3 is 15.5 Å². The Morgan fingerprint density at radius 3 is 2.44 bits per heavy atom. The van der Waals surface area contributed by atoms with Crippen LogP contribution in [0.25, 0.3) is 22.2 Å². The van der Waals surface area contributed by atoms with Gasteiger partial charge in [-0.05, 0) is 42.5 Å². The van der Waals surface area contributed by atoms with Crippen LogP contribution in [0, 0.1) is 5.82 Å². The highest BCUT2D eigenvalue weighted by atomic mass is 35.5. The number of nitrogens with one attached hydrogen (secondary N) is 1. The van der Waals surface area contributed by atoms with Crippen LogP contribution in [0.4, 0.5) is 21.6 Å². The molecule has 0 aliphatic heterocycles. The Labute approximate surface area is 168 Å². The number of nitrogens with two attached hydrogens (primary N) is 1. The van der Waals surface area contributed by atoms with Gasteiger partial charge in [-0.3, -0.25) is 4.98 Å². The minimum atomic E-state index is -0.503. The van der Waals surface area contributed by atoms with E-state index in [0.717, 1.165) is 0 Å². The molecule has 27 heavy (non-hydrogen) atoms. The summed E-state index contributed by atoms with van der Waals surface area (Å²) < 4.78 is 19.1. The van der Waals surface area contributed by atoms with E-state index in [1.165, 1.54) is 12.1 Å². The third kappa shape index (κ3) is 3.41. The van der Waals surface area contributed by atoms with E-state index < -0.39 is 5.82 Å². The number of rotatable bonds is 3. The molecule has 0 radical (unpaired) electrons. The average Bonchev–Trinajstić information content (AvgIpc) is 2.93. The lowest BCUT2D eigenvalue weighted by molar-refractivity contribution is 0.628. The van der Waals surface area contributed by atoms with E-state index in [1.54, 1.807) is 36.5 Å². The van der Waals surface area contributed by atoms with Gasteiger partial charge in [0.05, 0.1) is 10.4 Å². The van der Waals surface area contributed by atoms with Gasteiger partial charge in [0.1, 0.15) is 17.2 Å². The van der Waals surface area contributed by atoms with Crippen molar-refractivity contribution < 1.29 is 8.81 Å². The fourth-order valence-corrected chi connectivity index (χ4v) is 3.49.